The van der Waals surface area contributed by atoms with Gasteiger partial charge in [-0.05, 0) is 29.7 Å². The van der Waals surface area contributed by atoms with Crippen LogP contribution in [0.1, 0.15) is 11.1 Å². The zero-order chi connectivity index (χ0) is 10.1. The summed E-state index contributed by atoms with van der Waals surface area (Å²) in [6.07, 6.45) is 0.655. The molecule has 1 amide bonds. The summed E-state index contributed by atoms with van der Waals surface area (Å²) in [5.41, 5.74) is 7.52. The third-order valence-corrected chi connectivity index (χ3v) is 2.71. The van der Waals surface area contributed by atoms with Crippen LogP contribution in [0.2, 0.25) is 5.02 Å². The minimum atomic E-state index is -0.300. The van der Waals surface area contributed by atoms with E-state index in [1.165, 1.54) is 0 Å². The lowest BCUT2D eigenvalue weighted by atomic mass is 9.96. The van der Waals surface area contributed by atoms with Gasteiger partial charge in [-0.1, -0.05) is 17.7 Å². The third kappa shape index (κ3) is 1.74. The van der Waals surface area contributed by atoms with Crippen molar-refractivity contribution in [3.8, 4) is 0 Å². The Labute approximate surface area is 87.2 Å². The summed E-state index contributed by atoms with van der Waals surface area (Å²) in [7, 11) is 0. The Morgan fingerprint density at radius 2 is 2.29 bits per heavy atom. The summed E-state index contributed by atoms with van der Waals surface area (Å²) >= 11 is 5.86. The van der Waals surface area contributed by atoms with Crippen LogP contribution in [0.4, 0.5) is 0 Å². The zero-order valence-electron chi connectivity index (χ0n) is 7.59. The summed E-state index contributed by atoms with van der Waals surface area (Å²) in [5, 5.41) is 3.79. The van der Waals surface area contributed by atoms with Crippen LogP contribution in [0.5, 0.6) is 0 Å². The Kier molecular flexibility index (Phi) is 2.44. The smallest absolute Gasteiger partial charge is 0.234 e. The Hall–Kier alpha value is -1.06. The van der Waals surface area contributed by atoms with Crippen molar-refractivity contribution in [2.75, 3.05) is 0 Å². The second-order valence-electron chi connectivity index (χ2n) is 3.45. The van der Waals surface area contributed by atoms with E-state index < -0.39 is 0 Å². The van der Waals surface area contributed by atoms with Gasteiger partial charge < -0.3 is 11.1 Å². The van der Waals surface area contributed by atoms with Gasteiger partial charge in [0.15, 0.2) is 0 Å². The molecule has 0 bridgehead atoms. The Morgan fingerprint density at radius 3 is 3.00 bits per heavy atom. The van der Waals surface area contributed by atoms with Gasteiger partial charge in [0.05, 0.1) is 6.04 Å². The van der Waals surface area contributed by atoms with Crippen LogP contribution in [-0.4, -0.2) is 11.9 Å². The first-order valence-electron chi connectivity index (χ1n) is 4.47. The van der Waals surface area contributed by atoms with Crippen molar-refractivity contribution in [2.45, 2.75) is 19.0 Å². The second kappa shape index (κ2) is 3.59. The normalized spacial score (nSPS) is 20.2. The monoisotopic (exact) mass is 210 g/mol. The molecule has 2 rings (SSSR count). The molecule has 0 saturated heterocycles. The number of carbonyl (C=O) groups is 1. The lowest BCUT2D eigenvalue weighted by Crippen LogP contribution is -2.45. The molecule has 1 aromatic rings. The van der Waals surface area contributed by atoms with Gasteiger partial charge in [0.1, 0.15) is 0 Å². The maximum absolute atomic E-state index is 11.0. The molecule has 0 radical (unpaired) electrons. The highest BCUT2D eigenvalue weighted by Gasteiger charge is 2.21. The maximum atomic E-state index is 11.0. The van der Waals surface area contributed by atoms with Crippen LogP contribution >= 0.6 is 11.6 Å². The van der Waals surface area contributed by atoms with E-state index in [0.29, 0.717) is 13.0 Å². The molecule has 4 heteroatoms. The van der Waals surface area contributed by atoms with E-state index >= 15 is 0 Å². The number of nitrogens with two attached hydrogens (primary N) is 1. The van der Waals surface area contributed by atoms with Gasteiger partial charge in [-0.25, -0.2) is 0 Å². The maximum Gasteiger partial charge on any atom is 0.234 e. The quantitative estimate of drug-likeness (QED) is 0.722. The number of fused-ring (bicyclic) bond motifs is 1. The first kappa shape index (κ1) is 9.49. The molecule has 14 heavy (non-hydrogen) atoms. The van der Waals surface area contributed by atoms with E-state index in [4.69, 9.17) is 17.3 Å². The number of amides is 1. The van der Waals surface area contributed by atoms with Gasteiger partial charge in [0.2, 0.25) is 5.91 Å². The third-order valence-electron chi connectivity index (χ3n) is 2.47. The van der Waals surface area contributed by atoms with Crippen molar-refractivity contribution in [3.05, 3.63) is 34.3 Å². The number of benzene rings is 1. The highest BCUT2D eigenvalue weighted by Crippen LogP contribution is 2.20. The summed E-state index contributed by atoms with van der Waals surface area (Å²) < 4.78 is 0. The number of hydrogen-bond donors (Lipinski definition) is 2. The molecule has 1 aliphatic heterocycles. The van der Waals surface area contributed by atoms with E-state index in [9.17, 15) is 4.79 Å². The predicted octanol–water partition coefficient (Wildman–Crippen LogP) is 0.840. The van der Waals surface area contributed by atoms with Crippen molar-refractivity contribution in [2.24, 2.45) is 5.73 Å². The van der Waals surface area contributed by atoms with Crippen LogP contribution in [-0.2, 0) is 17.8 Å². The van der Waals surface area contributed by atoms with E-state index in [0.717, 1.165) is 16.1 Å². The molecular formula is C10H11ClN2O. The zero-order valence-corrected chi connectivity index (χ0v) is 8.34. The van der Waals surface area contributed by atoms with Gasteiger partial charge in [-0.2, -0.15) is 0 Å². The number of halogens is 1. The summed E-state index contributed by atoms with van der Waals surface area (Å²) in [6.45, 7) is 0.656. The molecule has 0 fully saturated rings. The lowest BCUT2D eigenvalue weighted by Gasteiger charge is -2.23. The summed E-state index contributed by atoms with van der Waals surface area (Å²) in [5.74, 6) is -0.300. The minimum absolute atomic E-state index is 0.247. The van der Waals surface area contributed by atoms with Crippen LogP contribution < -0.4 is 11.1 Å². The second-order valence-corrected chi connectivity index (χ2v) is 3.89. The van der Waals surface area contributed by atoms with E-state index in [1.807, 2.05) is 18.2 Å². The highest BCUT2D eigenvalue weighted by molar-refractivity contribution is 6.30. The highest BCUT2D eigenvalue weighted by atomic mass is 35.5. The van der Waals surface area contributed by atoms with E-state index in [1.54, 1.807) is 0 Å². The summed E-state index contributed by atoms with van der Waals surface area (Å²) in [6, 6.07) is 5.46. The van der Waals surface area contributed by atoms with Crippen molar-refractivity contribution < 1.29 is 4.79 Å². The fourth-order valence-corrected chi connectivity index (χ4v) is 1.88. The number of rotatable bonds is 1. The largest absolute Gasteiger partial charge is 0.368 e. The molecular weight excluding hydrogens is 200 g/mol. The van der Waals surface area contributed by atoms with Crippen molar-refractivity contribution in [3.63, 3.8) is 0 Å². The first-order chi connectivity index (χ1) is 6.66. The van der Waals surface area contributed by atoms with Crippen LogP contribution in [0.3, 0.4) is 0 Å². The molecule has 0 aliphatic carbocycles. The van der Waals surface area contributed by atoms with Crippen LogP contribution in [0, 0.1) is 0 Å². The number of hydrogen-bond acceptors (Lipinski definition) is 2. The SMILES string of the molecule is NC(=O)[C@H]1Cc2ccc(Cl)cc2CN1. The van der Waals surface area contributed by atoms with Gasteiger partial charge in [-0.3, -0.25) is 4.79 Å². The molecule has 1 heterocycles. The average Bonchev–Trinajstić information content (AvgIpc) is 2.16. The van der Waals surface area contributed by atoms with Crippen molar-refractivity contribution >= 4 is 17.5 Å². The van der Waals surface area contributed by atoms with E-state index in [2.05, 4.69) is 5.32 Å². The number of nitrogens with one attached hydrogen (secondary N) is 1. The summed E-state index contributed by atoms with van der Waals surface area (Å²) in [4.78, 5) is 11.0. The van der Waals surface area contributed by atoms with Gasteiger partial charge >= 0.3 is 0 Å². The van der Waals surface area contributed by atoms with E-state index in [-0.39, 0.29) is 11.9 Å². The molecule has 3 N–H and O–H groups in total. The molecule has 1 aliphatic rings. The van der Waals surface area contributed by atoms with Gasteiger partial charge in [-0.15, -0.1) is 0 Å². The average molecular weight is 211 g/mol. The molecule has 0 saturated carbocycles. The molecule has 3 nitrogen and oxygen atoms in total. The Bertz CT molecular complexity index is 378. The fourth-order valence-electron chi connectivity index (χ4n) is 1.68. The Balaban J connectivity index is 2.27. The van der Waals surface area contributed by atoms with Crippen molar-refractivity contribution in [1.82, 2.24) is 5.32 Å². The Morgan fingerprint density at radius 1 is 1.50 bits per heavy atom. The molecule has 1 aromatic carbocycles. The molecule has 1 atom stereocenters. The van der Waals surface area contributed by atoms with Crippen LogP contribution in [0.15, 0.2) is 18.2 Å². The standard InChI is InChI=1S/C10H11ClN2O/c11-8-2-1-6-4-9(10(12)14)13-5-7(6)3-8/h1-3,9,13H,4-5H2,(H2,12,14)/t9-/m1/s1. The minimum Gasteiger partial charge on any atom is -0.368 e. The number of carbonyl (C=O) groups excluding carboxylic acids is 1. The topological polar surface area (TPSA) is 55.1 Å². The van der Waals surface area contributed by atoms with Gasteiger partial charge in [0.25, 0.3) is 0 Å². The molecule has 0 aromatic heterocycles. The van der Waals surface area contributed by atoms with Crippen molar-refractivity contribution in [1.29, 1.82) is 0 Å². The fraction of sp³-hybridized carbons (Fsp3) is 0.300. The van der Waals surface area contributed by atoms with Gasteiger partial charge in [0, 0.05) is 11.6 Å². The molecule has 74 valence electrons. The predicted molar refractivity (Wildman–Crippen MR) is 55.0 cm³/mol. The molecule has 0 unspecified atom stereocenters. The van der Waals surface area contributed by atoms with Crippen LogP contribution in [0.25, 0.3) is 0 Å². The first-order valence-corrected chi connectivity index (χ1v) is 4.84. The molecule has 0 spiro atoms. The lowest BCUT2D eigenvalue weighted by molar-refractivity contribution is -0.120. The number of primary amides is 1.